The Kier molecular flexibility index (Phi) is 4.73. The molecule has 0 bridgehead atoms. The number of aromatic nitrogens is 2. The molecule has 1 saturated carbocycles. The van der Waals surface area contributed by atoms with Crippen LogP contribution in [0.15, 0.2) is 12.4 Å². The zero-order valence-corrected chi connectivity index (χ0v) is 13.2. The van der Waals surface area contributed by atoms with E-state index in [1.807, 2.05) is 17.8 Å². The maximum absolute atomic E-state index is 12.5. The number of sulfonamides is 1. The van der Waals surface area contributed by atoms with Gasteiger partial charge in [0.05, 0.1) is 11.8 Å². The molecule has 6 nitrogen and oxygen atoms in total. The van der Waals surface area contributed by atoms with Crippen LogP contribution in [-0.2, 0) is 17.1 Å². The highest BCUT2D eigenvalue weighted by Crippen LogP contribution is 2.33. The number of rotatable bonds is 4. The molecule has 20 heavy (non-hydrogen) atoms. The van der Waals surface area contributed by atoms with E-state index in [2.05, 4.69) is 10.3 Å². The summed E-state index contributed by atoms with van der Waals surface area (Å²) < 4.78 is 28.6. The molecule has 1 aromatic heterocycles. The van der Waals surface area contributed by atoms with Crippen LogP contribution < -0.4 is 5.32 Å². The number of nitrogens with zero attached hydrogens (tertiary/aromatic N) is 3. The van der Waals surface area contributed by atoms with Crippen molar-refractivity contribution in [1.82, 2.24) is 19.2 Å². The number of imidazole rings is 1. The van der Waals surface area contributed by atoms with Crippen LogP contribution in [0.3, 0.4) is 0 Å². The predicted octanol–water partition coefficient (Wildman–Crippen LogP) is 0.528. The summed E-state index contributed by atoms with van der Waals surface area (Å²) in [6.07, 6.45) is 5.68. The number of hydrogen-bond donors (Lipinski definition) is 1. The molecule has 0 spiro atoms. The van der Waals surface area contributed by atoms with Gasteiger partial charge in [-0.15, -0.1) is 12.4 Å². The highest BCUT2D eigenvalue weighted by atomic mass is 35.5. The number of piperazine rings is 1. The smallest absolute Gasteiger partial charge is 0.215 e. The normalized spacial score (nSPS) is 24.4. The van der Waals surface area contributed by atoms with Gasteiger partial charge in [-0.3, -0.25) is 0 Å². The Hall–Kier alpha value is -0.630. The SMILES string of the molecule is Cl.Cn1ccnc1C1CNCCN1S(=O)(=O)CC1CC1. The average Bonchev–Trinajstić information content (AvgIpc) is 3.07. The highest BCUT2D eigenvalue weighted by Gasteiger charge is 2.38. The molecule has 1 aliphatic heterocycles. The summed E-state index contributed by atoms with van der Waals surface area (Å²) in [5.74, 6) is 1.49. The molecule has 1 unspecified atom stereocenters. The van der Waals surface area contributed by atoms with Crippen molar-refractivity contribution >= 4 is 22.4 Å². The van der Waals surface area contributed by atoms with Gasteiger partial charge in [-0.05, 0) is 18.8 Å². The van der Waals surface area contributed by atoms with Crippen molar-refractivity contribution in [3.8, 4) is 0 Å². The molecule has 0 radical (unpaired) electrons. The Bertz CT molecular complexity index is 556. The van der Waals surface area contributed by atoms with Crippen molar-refractivity contribution in [2.45, 2.75) is 18.9 Å². The molecule has 2 aliphatic rings. The monoisotopic (exact) mass is 320 g/mol. The molecule has 0 amide bonds. The molecule has 3 rings (SSSR count). The molecule has 0 aromatic carbocycles. The highest BCUT2D eigenvalue weighted by molar-refractivity contribution is 7.89. The minimum Gasteiger partial charge on any atom is -0.337 e. The molecular formula is C12H21ClN4O2S. The summed E-state index contributed by atoms with van der Waals surface area (Å²) in [6, 6.07) is -0.183. The average molecular weight is 321 g/mol. The maximum Gasteiger partial charge on any atom is 0.215 e. The Morgan fingerprint density at radius 1 is 1.45 bits per heavy atom. The lowest BCUT2D eigenvalue weighted by Gasteiger charge is -2.34. The summed E-state index contributed by atoms with van der Waals surface area (Å²) in [5, 5.41) is 3.26. The first-order valence-corrected chi connectivity index (χ1v) is 8.36. The van der Waals surface area contributed by atoms with Crippen molar-refractivity contribution in [2.75, 3.05) is 25.4 Å². The fraction of sp³-hybridized carbons (Fsp3) is 0.750. The van der Waals surface area contributed by atoms with Gasteiger partial charge in [-0.1, -0.05) is 0 Å². The standard InChI is InChI=1S/C12H20N4O2S.ClH/c1-15-6-5-14-12(15)11-8-13-4-7-16(11)19(17,18)9-10-2-3-10;/h5-6,10-11,13H,2-4,7-9H2,1H3;1H. The van der Waals surface area contributed by atoms with Crippen LogP contribution >= 0.6 is 12.4 Å². The number of halogens is 1. The van der Waals surface area contributed by atoms with Gasteiger partial charge < -0.3 is 9.88 Å². The van der Waals surface area contributed by atoms with Gasteiger partial charge in [0.1, 0.15) is 5.82 Å². The molecule has 8 heteroatoms. The molecule has 1 aliphatic carbocycles. The molecule has 1 atom stereocenters. The van der Waals surface area contributed by atoms with E-state index in [1.165, 1.54) is 0 Å². The third-order valence-electron chi connectivity index (χ3n) is 3.85. The van der Waals surface area contributed by atoms with Gasteiger partial charge in [-0.25, -0.2) is 13.4 Å². The predicted molar refractivity (Wildman–Crippen MR) is 79.3 cm³/mol. The second kappa shape index (κ2) is 6.01. The maximum atomic E-state index is 12.5. The van der Waals surface area contributed by atoms with Gasteiger partial charge in [0, 0.05) is 39.1 Å². The number of aryl methyl sites for hydroxylation is 1. The van der Waals surface area contributed by atoms with Crippen LogP contribution in [0.25, 0.3) is 0 Å². The molecule has 1 aromatic rings. The first-order chi connectivity index (χ1) is 9.08. The fourth-order valence-corrected chi connectivity index (χ4v) is 4.66. The van der Waals surface area contributed by atoms with Crippen LogP contribution in [0.5, 0.6) is 0 Å². The van der Waals surface area contributed by atoms with E-state index >= 15 is 0 Å². The zero-order chi connectivity index (χ0) is 13.5. The summed E-state index contributed by atoms with van der Waals surface area (Å²) >= 11 is 0. The Morgan fingerprint density at radius 2 is 2.20 bits per heavy atom. The lowest BCUT2D eigenvalue weighted by atomic mass is 10.2. The van der Waals surface area contributed by atoms with Gasteiger partial charge >= 0.3 is 0 Å². The van der Waals surface area contributed by atoms with Crippen molar-refractivity contribution in [2.24, 2.45) is 13.0 Å². The number of nitrogens with one attached hydrogen (secondary N) is 1. The second-order valence-corrected chi connectivity index (χ2v) is 7.42. The molecule has 2 heterocycles. The summed E-state index contributed by atoms with van der Waals surface area (Å²) in [6.45, 7) is 1.88. The van der Waals surface area contributed by atoms with Crippen molar-refractivity contribution in [3.63, 3.8) is 0 Å². The van der Waals surface area contributed by atoms with Crippen LogP contribution in [-0.4, -0.2) is 47.7 Å². The van der Waals surface area contributed by atoms with Crippen molar-refractivity contribution < 1.29 is 8.42 Å². The fourth-order valence-electron chi connectivity index (χ4n) is 2.62. The summed E-state index contributed by atoms with van der Waals surface area (Å²) in [4.78, 5) is 4.31. The van der Waals surface area contributed by atoms with Gasteiger partial charge in [0.15, 0.2) is 0 Å². The van der Waals surface area contributed by atoms with Crippen molar-refractivity contribution in [1.29, 1.82) is 0 Å². The molecular weight excluding hydrogens is 300 g/mol. The van der Waals surface area contributed by atoms with Crippen LogP contribution in [0.4, 0.5) is 0 Å². The van der Waals surface area contributed by atoms with Gasteiger partial charge in [-0.2, -0.15) is 4.31 Å². The summed E-state index contributed by atoms with van der Waals surface area (Å²) in [5.41, 5.74) is 0. The quantitative estimate of drug-likeness (QED) is 0.878. The van der Waals surface area contributed by atoms with Gasteiger partial charge in [0.25, 0.3) is 0 Å². The van der Waals surface area contributed by atoms with E-state index in [0.29, 0.717) is 31.3 Å². The third kappa shape index (κ3) is 3.16. The van der Waals surface area contributed by atoms with E-state index in [-0.39, 0.29) is 18.4 Å². The van der Waals surface area contributed by atoms with Gasteiger partial charge in [0.2, 0.25) is 10.0 Å². The third-order valence-corrected chi connectivity index (χ3v) is 5.90. The molecule has 1 saturated heterocycles. The largest absolute Gasteiger partial charge is 0.337 e. The van der Waals surface area contributed by atoms with Crippen LogP contribution in [0.2, 0.25) is 0 Å². The van der Waals surface area contributed by atoms with E-state index < -0.39 is 10.0 Å². The number of hydrogen-bond acceptors (Lipinski definition) is 4. The lowest BCUT2D eigenvalue weighted by Crippen LogP contribution is -2.50. The van der Waals surface area contributed by atoms with Crippen molar-refractivity contribution in [3.05, 3.63) is 18.2 Å². The topological polar surface area (TPSA) is 67.2 Å². The van der Waals surface area contributed by atoms with E-state index in [0.717, 1.165) is 18.7 Å². The van der Waals surface area contributed by atoms with E-state index in [4.69, 9.17) is 0 Å². The van der Waals surface area contributed by atoms with E-state index in [1.54, 1.807) is 10.5 Å². The lowest BCUT2D eigenvalue weighted by molar-refractivity contribution is 0.258. The first kappa shape index (κ1) is 15.8. The Labute approximate surface area is 126 Å². The first-order valence-electron chi connectivity index (χ1n) is 6.75. The minimum absolute atomic E-state index is 0. The van der Waals surface area contributed by atoms with Crippen LogP contribution in [0.1, 0.15) is 24.7 Å². The van der Waals surface area contributed by atoms with E-state index in [9.17, 15) is 8.42 Å². The molecule has 1 N–H and O–H groups in total. The minimum atomic E-state index is -3.17. The Balaban J connectivity index is 0.00000147. The summed E-state index contributed by atoms with van der Waals surface area (Å²) in [7, 11) is -1.27. The molecule has 114 valence electrons. The zero-order valence-electron chi connectivity index (χ0n) is 11.5. The second-order valence-electron chi connectivity index (χ2n) is 5.45. The Morgan fingerprint density at radius 3 is 2.80 bits per heavy atom. The molecule has 2 fully saturated rings. The van der Waals surface area contributed by atoms with Crippen LogP contribution in [0, 0.1) is 5.92 Å².